The van der Waals surface area contributed by atoms with Crippen LogP contribution in [0.5, 0.6) is 0 Å². The highest BCUT2D eigenvalue weighted by Gasteiger charge is 2.64. The van der Waals surface area contributed by atoms with E-state index in [9.17, 15) is 22.4 Å². The molecule has 7 N–H and O–H groups in total. The number of amides is 1. The standard InChI is InChI=1S/C4H8F4N4O2/c5-1(6)3(7,8)4(14,12-10)2(13)11-9/h1,12,14H,9-10H2,(H,11,13). The van der Waals surface area contributed by atoms with E-state index >= 15 is 0 Å². The summed E-state index contributed by atoms with van der Waals surface area (Å²) in [6, 6.07) is 0. The molecule has 6 nitrogen and oxygen atoms in total. The molecule has 0 radical (unpaired) electrons. The maximum absolute atomic E-state index is 12.6. The van der Waals surface area contributed by atoms with Gasteiger partial charge in [0.15, 0.2) is 0 Å². The zero-order chi connectivity index (χ0) is 11.6. The fourth-order valence-electron chi connectivity index (χ4n) is 0.575. The molecule has 0 spiro atoms. The molecule has 0 heterocycles. The minimum absolute atomic E-state index is 0.884. The first kappa shape index (κ1) is 13.0. The van der Waals surface area contributed by atoms with Gasteiger partial charge in [0.1, 0.15) is 0 Å². The predicted molar refractivity (Wildman–Crippen MR) is 35.6 cm³/mol. The number of hydrazine groups is 2. The SMILES string of the molecule is NNC(=O)C(O)(NN)C(F)(F)C(F)F. The van der Waals surface area contributed by atoms with Crippen LogP contribution in [0.4, 0.5) is 17.6 Å². The van der Waals surface area contributed by atoms with E-state index in [4.69, 9.17) is 5.11 Å². The molecule has 84 valence electrons. The summed E-state index contributed by atoms with van der Waals surface area (Å²) in [6.07, 6.45) is -4.29. The van der Waals surface area contributed by atoms with Crippen molar-refractivity contribution in [1.29, 1.82) is 0 Å². The summed E-state index contributed by atoms with van der Waals surface area (Å²) in [6.45, 7) is 0. The number of rotatable bonds is 4. The van der Waals surface area contributed by atoms with Crippen molar-refractivity contribution in [3.63, 3.8) is 0 Å². The number of aliphatic hydroxyl groups is 1. The third-order valence-electron chi connectivity index (χ3n) is 1.43. The monoisotopic (exact) mass is 220 g/mol. The first-order valence-corrected chi connectivity index (χ1v) is 3.11. The lowest BCUT2D eigenvalue weighted by atomic mass is 10.1. The fraction of sp³-hybridized carbons (Fsp3) is 0.750. The molecular weight excluding hydrogens is 212 g/mol. The second-order valence-corrected chi connectivity index (χ2v) is 2.25. The van der Waals surface area contributed by atoms with Crippen molar-refractivity contribution in [2.24, 2.45) is 11.7 Å². The number of nitrogens with one attached hydrogen (secondary N) is 2. The number of hydrogen-bond donors (Lipinski definition) is 5. The second-order valence-electron chi connectivity index (χ2n) is 2.25. The fourth-order valence-corrected chi connectivity index (χ4v) is 0.575. The van der Waals surface area contributed by atoms with Crippen LogP contribution in [0.15, 0.2) is 0 Å². The molecule has 0 fully saturated rings. The minimum atomic E-state index is -5.08. The number of carbonyl (C=O) groups is 1. The Hall–Kier alpha value is -0.970. The number of alkyl halides is 4. The smallest absolute Gasteiger partial charge is 0.359 e. The largest absolute Gasteiger partial charge is 0.362 e. The highest BCUT2D eigenvalue weighted by Crippen LogP contribution is 2.32. The molecule has 0 saturated carbocycles. The molecule has 10 heteroatoms. The van der Waals surface area contributed by atoms with Crippen LogP contribution in [0.2, 0.25) is 0 Å². The van der Waals surface area contributed by atoms with Gasteiger partial charge >= 0.3 is 12.3 Å². The second kappa shape index (κ2) is 4.04. The lowest BCUT2D eigenvalue weighted by Crippen LogP contribution is -2.72. The summed E-state index contributed by atoms with van der Waals surface area (Å²) >= 11 is 0. The molecule has 0 aliphatic heterocycles. The van der Waals surface area contributed by atoms with Crippen molar-refractivity contribution >= 4 is 5.91 Å². The van der Waals surface area contributed by atoms with Crippen molar-refractivity contribution < 1.29 is 27.5 Å². The van der Waals surface area contributed by atoms with Crippen molar-refractivity contribution in [2.75, 3.05) is 0 Å². The van der Waals surface area contributed by atoms with Gasteiger partial charge in [-0.05, 0) is 0 Å². The zero-order valence-electron chi connectivity index (χ0n) is 6.60. The Kier molecular flexibility index (Phi) is 3.76. The number of halogens is 4. The van der Waals surface area contributed by atoms with Crippen molar-refractivity contribution in [1.82, 2.24) is 10.9 Å². The van der Waals surface area contributed by atoms with Gasteiger partial charge in [-0.25, -0.2) is 20.0 Å². The Morgan fingerprint density at radius 3 is 2.00 bits per heavy atom. The average molecular weight is 220 g/mol. The Morgan fingerprint density at radius 2 is 1.79 bits per heavy atom. The maximum Gasteiger partial charge on any atom is 0.359 e. The summed E-state index contributed by atoms with van der Waals surface area (Å²) in [7, 11) is 0. The number of nitrogens with two attached hydrogens (primary N) is 2. The number of hydrogen-bond acceptors (Lipinski definition) is 5. The quantitative estimate of drug-likeness (QED) is 0.124. The van der Waals surface area contributed by atoms with Crippen LogP contribution < -0.4 is 22.5 Å². The van der Waals surface area contributed by atoms with Gasteiger partial charge < -0.3 is 5.11 Å². The lowest BCUT2D eigenvalue weighted by Gasteiger charge is -2.31. The summed E-state index contributed by atoms with van der Waals surface area (Å²) < 4.78 is 48.7. The summed E-state index contributed by atoms with van der Waals surface area (Å²) in [5, 5.41) is 8.83. The topological polar surface area (TPSA) is 113 Å². The first-order valence-electron chi connectivity index (χ1n) is 3.11. The van der Waals surface area contributed by atoms with E-state index in [0.717, 1.165) is 10.9 Å². The van der Waals surface area contributed by atoms with Crippen molar-refractivity contribution in [3.05, 3.63) is 0 Å². The minimum Gasteiger partial charge on any atom is -0.362 e. The molecule has 1 amide bonds. The molecule has 0 aromatic carbocycles. The van der Waals surface area contributed by atoms with Gasteiger partial charge in [0.05, 0.1) is 0 Å². The first-order chi connectivity index (χ1) is 6.24. The zero-order valence-corrected chi connectivity index (χ0v) is 6.60. The van der Waals surface area contributed by atoms with Crippen molar-refractivity contribution in [3.8, 4) is 0 Å². The van der Waals surface area contributed by atoms with Gasteiger partial charge in [-0.1, -0.05) is 0 Å². The van der Waals surface area contributed by atoms with E-state index in [-0.39, 0.29) is 0 Å². The molecule has 1 unspecified atom stereocenters. The summed E-state index contributed by atoms with van der Waals surface area (Å²) in [5.41, 5.74) is -2.01. The molecule has 0 aromatic heterocycles. The van der Waals surface area contributed by atoms with Gasteiger partial charge in [-0.15, -0.1) is 0 Å². The molecule has 1 atom stereocenters. The van der Waals surface area contributed by atoms with Crippen LogP contribution in [0.25, 0.3) is 0 Å². The Bertz CT molecular complexity index is 225. The van der Waals surface area contributed by atoms with Gasteiger partial charge in [0.25, 0.3) is 11.6 Å². The third-order valence-corrected chi connectivity index (χ3v) is 1.43. The van der Waals surface area contributed by atoms with Crippen LogP contribution in [0.1, 0.15) is 0 Å². The Morgan fingerprint density at radius 1 is 1.36 bits per heavy atom. The molecule has 0 aliphatic rings. The Balaban J connectivity index is 5.13. The van der Waals surface area contributed by atoms with Crippen LogP contribution in [0.3, 0.4) is 0 Å². The molecular formula is C4H8F4N4O2. The van der Waals surface area contributed by atoms with Gasteiger partial charge in [-0.3, -0.25) is 16.1 Å². The maximum atomic E-state index is 12.6. The van der Waals surface area contributed by atoms with Gasteiger partial charge in [-0.2, -0.15) is 8.78 Å². The lowest BCUT2D eigenvalue weighted by molar-refractivity contribution is -0.248. The van der Waals surface area contributed by atoms with E-state index in [1.165, 1.54) is 0 Å². The van der Waals surface area contributed by atoms with Gasteiger partial charge in [0.2, 0.25) is 0 Å². The molecule has 0 aliphatic carbocycles. The predicted octanol–water partition coefficient (Wildman–Crippen LogP) is -1.97. The van der Waals surface area contributed by atoms with Crippen LogP contribution in [-0.2, 0) is 4.79 Å². The van der Waals surface area contributed by atoms with Gasteiger partial charge in [0, 0.05) is 0 Å². The molecule has 0 saturated heterocycles. The third kappa shape index (κ3) is 1.77. The average Bonchev–Trinajstić information content (AvgIpc) is 2.14. The summed E-state index contributed by atoms with van der Waals surface area (Å²) in [5.74, 6) is 1.72. The Labute approximate surface area is 75.2 Å². The highest BCUT2D eigenvalue weighted by atomic mass is 19.3. The highest BCUT2D eigenvalue weighted by molar-refractivity contribution is 5.85. The molecule has 0 rings (SSSR count). The van der Waals surface area contributed by atoms with Crippen LogP contribution in [-0.4, -0.2) is 29.1 Å². The van der Waals surface area contributed by atoms with E-state index < -0.39 is 24.0 Å². The molecule has 0 aromatic rings. The molecule has 0 bridgehead atoms. The van der Waals surface area contributed by atoms with Crippen LogP contribution >= 0.6 is 0 Å². The number of carbonyl (C=O) groups excluding carboxylic acids is 1. The normalized spacial score (nSPS) is 16.6. The van der Waals surface area contributed by atoms with Crippen molar-refractivity contribution in [2.45, 2.75) is 18.1 Å². The summed E-state index contributed by atoms with van der Waals surface area (Å²) in [4.78, 5) is 10.6. The van der Waals surface area contributed by atoms with E-state index in [1.54, 1.807) is 0 Å². The van der Waals surface area contributed by atoms with E-state index in [0.29, 0.717) is 0 Å². The molecule has 14 heavy (non-hydrogen) atoms. The van der Waals surface area contributed by atoms with E-state index in [1.807, 2.05) is 0 Å². The van der Waals surface area contributed by atoms with Crippen LogP contribution in [0, 0.1) is 0 Å². The van der Waals surface area contributed by atoms with E-state index in [2.05, 4.69) is 11.7 Å².